The van der Waals surface area contributed by atoms with E-state index in [1.54, 1.807) is 0 Å². The van der Waals surface area contributed by atoms with E-state index in [0.717, 1.165) is 0 Å². The van der Waals surface area contributed by atoms with Gasteiger partial charge in [-0.1, -0.05) is 31.2 Å². The molecule has 1 fully saturated rings. The quantitative estimate of drug-likeness (QED) is 0.751. The molecule has 18 heavy (non-hydrogen) atoms. The van der Waals surface area contributed by atoms with E-state index in [4.69, 9.17) is 9.47 Å². The number of aliphatic hydroxyl groups excluding tert-OH is 1. The average Bonchev–Trinajstić information content (AvgIpc) is 2.54. The highest BCUT2D eigenvalue weighted by Gasteiger charge is 2.47. The molecule has 0 radical (unpaired) electrons. The summed E-state index contributed by atoms with van der Waals surface area (Å²) in [5.41, 5.74) is 0. The Hall–Kier alpha value is -1.23. The number of allylic oxidation sites excluding steroid dienone is 2. The molecule has 4 nitrogen and oxygen atoms in total. The summed E-state index contributed by atoms with van der Waals surface area (Å²) in [5, 5.41) is 9.51. The summed E-state index contributed by atoms with van der Waals surface area (Å²) in [4.78, 5) is 11.9. The smallest absolute Gasteiger partial charge is 0.184 e. The van der Waals surface area contributed by atoms with Gasteiger partial charge in [-0.15, -0.1) is 0 Å². The Kier molecular flexibility index (Phi) is 2.93. The van der Waals surface area contributed by atoms with Gasteiger partial charge in [0.05, 0.1) is 12.2 Å². The Morgan fingerprint density at radius 1 is 1.11 bits per heavy atom. The van der Waals surface area contributed by atoms with E-state index in [-0.39, 0.29) is 29.8 Å². The van der Waals surface area contributed by atoms with Gasteiger partial charge >= 0.3 is 0 Å². The second-order valence-corrected chi connectivity index (χ2v) is 4.98. The van der Waals surface area contributed by atoms with Gasteiger partial charge in [-0.05, 0) is 18.1 Å². The van der Waals surface area contributed by atoms with Gasteiger partial charge in [0.15, 0.2) is 12.1 Å². The van der Waals surface area contributed by atoms with E-state index in [1.807, 2.05) is 24.3 Å². The van der Waals surface area contributed by atoms with Crippen molar-refractivity contribution in [3.8, 4) is 0 Å². The third-order valence-corrected chi connectivity index (χ3v) is 3.87. The van der Waals surface area contributed by atoms with Crippen molar-refractivity contribution in [2.45, 2.75) is 31.5 Å². The molecule has 1 saturated heterocycles. The maximum atomic E-state index is 11.9. The Bertz CT molecular complexity index is 437. The lowest BCUT2D eigenvalue weighted by atomic mass is 9.81. The Balaban J connectivity index is 1.88. The number of carbonyl (C=O) groups is 1. The molecule has 4 heteroatoms. The molecule has 0 aromatic rings. The number of ketones is 1. The van der Waals surface area contributed by atoms with Crippen LogP contribution in [0.3, 0.4) is 0 Å². The number of hydrogen-bond acceptors (Lipinski definition) is 4. The van der Waals surface area contributed by atoms with Gasteiger partial charge < -0.3 is 14.6 Å². The standard InChI is InChI=1S/C14H16O4/c1-8-10-4-2-3-5-11(17-10)13(8)14-9(15)6-7-12(16)18-14/h2-8,10-14,16H,1H3/t8-,10-,11+,12?,13-,14-/m0/s1. The minimum Gasteiger partial charge on any atom is -0.366 e. The molecular formula is C14H16O4. The topological polar surface area (TPSA) is 55.8 Å². The minimum atomic E-state index is -0.998. The highest BCUT2D eigenvalue weighted by Crippen LogP contribution is 2.39. The van der Waals surface area contributed by atoms with Crippen molar-refractivity contribution >= 4 is 5.78 Å². The number of fused-ring (bicyclic) bond motifs is 2. The van der Waals surface area contributed by atoms with E-state index in [2.05, 4.69) is 6.92 Å². The molecular weight excluding hydrogens is 232 g/mol. The second kappa shape index (κ2) is 4.46. The van der Waals surface area contributed by atoms with Crippen LogP contribution in [0.5, 0.6) is 0 Å². The van der Waals surface area contributed by atoms with Crippen LogP contribution in [-0.4, -0.2) is 35.5 Å². The first-order valence-corrected chi connectivity index (χ1v) is 6.23. The van der Waals surface area contributed by atoms with Gasteiger partial charge in [0.25, 0.3) is 0 Å². The van der Waals surface area contributed by atoms with Crippen LogP contribution in [0.4, 0.5) is 0 Å². The van der Waals surface area contributed by atoms with E-state index < -0.39 is 12.4 Å². The van der Waals surface area contributed by atoms with Gasteiger partial charge in [-0.3, -0.25) is 4.79 Å². The molecule has 0 spiro atoms. The van der Waals surface area contributed by atoms with E-state index in [0.29, 0.717) is 0 Å². The SMILES string of the molecule is C[C@@H]1[C@H]([C@H]2OC(O)C=CC2=O)[C@H]2C=CC=C[C@@H]1O2. The lowest BCUT2D eigenvalue weighted by molar-refractivity contribution is -0.159. The van der Waals surface area contributed by atoms with Gasteiger partial charge in [-0.25, -0.2) is 0 Å². The van der Waals surface area contributed by atoms with Crippen molar-refractivity contribution in [2.24, 2.45) is 11.8 Å². The summed E-state index contributed by atoms with van der Waals surface area (Å²) >= 11 is 0. The van der Waals surface area contributed by atoms with Crippen molar-refractivity contribution < 1.29 is 19.4 Å². The molecule has 1 unspecified atom stereocenters. The minimum absolute atomic E-state index is 0.00875. The molecule has 0 aromatic heterocycles. The monoisotopic (exact) mass is 248 g/mol. The van der Waals surface area contributed by atoms with Gasteiger partial charge in [0.1, 0.15) is 6.10 Å². The first-order chi connectivity index (χ1) is 8.66. The molecule has 3 aliphatic rings. The van der Waals surface area contributed by atoms with Gasteiger partial charge in [0.2, 0.25) is 0 Å². The summed E-state index contributed by atoms with van der Waals surface area (Å²) in [6, 6.07) is 0. The number of carbonyl (C=O) groups excluding carboxylic acids is 1. The van der Waals surface area contributed by atoms with E-state index in [1.165, 1.54) is 12.2 Å². The molecule has 3 heterocycles. The van der Waals surface area contributed by atoms with E-state index in [9.17, 15) is 9.90 Å². The van der Waals surface area contributed by atoms with Crippen molar-refractivity contribution in [1.29, 1.82) is 0 Å². The van der Waals surface area contributed by atoms with Crippen LogP contribution in [0.2, 0.25) is 0 Å². The van der Waals surface area contributed by atoms with Crippen LogP contribution < -0.4 is 0 Å². The number of aliphatic hydroxyl groups is 1. The molecule has 3 aliphatic heterocycles. The molecule has 2 bridgehead atoms. The molecule has 0 aromatic carbocycles. The lowest BCUT2D eigenvalue weighted by Crippen LogP contribution is -2.43. The first-order valence-electron chi connectivity index (χ1n) is 6.23. The van der Waals surface area contributed by atoms with Crippen molar-refractivity contribution in [3.63, 3.8) is 0 Å². The highest BCUT2D eigenvalue weighted by atomic mass is 16.6. The number of hydrogen-bond donors (Lipinski definition) is 1. The fraction of sp³-hybridized carbons (Fsp3) is 0.500. The molecule has 3 rings (SSSR count). The molecule has 0 saturated carbocycles. The fourth-order valence-electron chi connectivity index (χ4n) is 2.92. The van der Waals surface area contributed by atoms with Crippen LogP contribution >= 0.6 is 0 Å². The maximum absolute atomic E-state index is 11.9. The molecule has 6 atom stereocenters. The van der Waals surface area contributed by atoms with Crippen LogP contribution in [0.25, 0.3) is 0 Å². The molecule has 0 aliphatic carbocycles. The zero-order valence-corrected chi connectivity index (χ0v) is 10.1. The predicted octanol–water partition coefficient (Wildman–Crippen LogP) is 0.975. The fourth-order valence-corrected chi connectivity index (χ4v) is 2.92. The summed E-state index contributed by atoms with van der Waals surface area (Å²) in [6.07, 6.45) is 8.88. The average molecular weight is 248 g/mol. The van der Waals surface area contributed by atoms with Crippen LogP contribution in [0.1, 0.15) is 6.92 Å². The van der Waals surface area contributed by atoms with Crippen LogP contribution in [0.15, 0.2) is 36.5 Å². The third kappa shape index (κ3) is 1.86. The Morgan fingerprint density at radius 3 is 2.61 bits per heavy atom. The highest BCUT2D eigenvalue weighted by molar-refractivity contribution is 5.94. The predicted molar refractivity (Wildman–Crippen MR) is 64.6 cm³/mol. The first kappa shape index (κ1) is 11.8. The summed E-state index contributed by atoms with van der Waals surface area (Å²) in [6.45, 7) is 2.06. The van der Waals surface area contributed by atoms with Crippen molar-refractivity contribution in [3.05, 3.63) is 36.5 Å². The maximum Gasteiger partial charge on any atom is 0.184 e. The number of rotatable bonds is 1. The molecule has 0 amide bonds. The Morgan fingerprint density at radius 2 is 1.83 bits per heavy atom. The normalized spacial score (nSPS) is 46.4. The van der Waals surface area contributed by atoms with Crippen LogP contribution in [-0.2, 0) is 14.3 Å². The molecule has 96 valence electrons. The second-order valence-electron chi connectivity index (χ2n) is 4.98. The zero-order valence-electron chi connectivity index (χ0n) is 10.1. The number of ether oxygens (including phenoxy) is 2. The van der Waals surface area contributed by atoms with Crippen molar-refractivity contribution in [1.82, 2.24) is 0 Å². The van der Waals surface area contributed by atoms with E-state index >= 15 is 0 Å². The zero-order chi connectivity index (χ0) is 12.7. The summed E-state index contributed by atoms with van der Waals surface area (Å²) in [7, 11) is 0. The molecule has 1 N–H and O–H groups in total. The Labute approximate surface area is 106 Å². The third-order valence-electron chi connectivity index (χ3n) is 3.87. The van der Waals surface area contributed by atoms with Gasteiger partial charge in [0, 0.05) is 5.92 Å². The largest absolute Gasteiger partial charge is 0.366 e. The lowest BCUT2D eigenvalue weighted by Gasteiger charge is -2.30. The van der Waals surface area contributed by atoms with Crippen LogP contribution in [0, 0.1) is 11.8 Å². The van der Waals surface area contributed by atoms with Gasteiger partial charge in [-0.2, -0.15) is 0 Å². The van der Waals surface area contributed by atoms with Crippen molar-refractivity contribution in [2.75, 3.05) is 0 Å². The summed E-state index contributed by atoms with van der Waals surface area (Å²) < 4.78 is 11.3. The summed E-state index contributed by atoms with van der Waals surface area (Å²) in [5.74, 6) is 0.0384.